The number of carbonyl (C=O) groups excluding carboxylic acids is 1. The molecule has 1 atom stereocenters. The van der Waals surface area contributed by atoms with Crippen LogP contribution in [0.5, 0.6) is 0 Å². The molecule has 2 saturated heterocycles. The third-order valence-corrected chi connectivity index (χ3v) is 6.73. The van der Waals surface area contributed by atoms with E-state index in [0.29, 0.717) is 25.3 Å². The first kappa shape index (κ1) is 21.6. The Hall–Kier alpha value is -3.25. The van der Waals surface area contributed by atoms with Gasteiger partial charge in [-0.05, 0) is 38.8 Å². The molecule has 12 heteroatoms. The molecule has 0 aromatic carbocycles. The van der Waals surface area contributed by atoms with Gasteiger partial charge in [0.2, 0.25) is 5.95 Å². The normalized spacial score (nSPS) is 19.3. The molecule has 0 radical (unpaired) electrons. The van der Waals surface area contributed by atoms with Crippen molar-refractivity contribution >= 4 is 51.0 Å². The number of anilines is 4. The summed E-state index contributed by atoms with van der Waals surface area (Å²) in [4.78, 5) is 41.0. The summed E-state index contributed by atoms with van der Waals surface area (Å²) in [6.07, 6.45) is 1.86. The minimum absolute atomic E-state index is 0.0360. The zero-order valence-electron chi connectivity index (χ0n) is 18.7. The van der Waals surface area contributed by atoms with Crippen molar-refractivity contribution in [3.8, 4) is 0 Å². The van der Waals surface area contributed by atoms with Crippen molar-refractivity contribution in [1.82, 2.24) is 25.0 Å². The van der Waals surface area contributed by atoms with Gasteiger partial charge in [-0.15, -0.1) is 16.4 Å². The highest BCUT2D eigenvalue weighted by atomic mass is 32.1. The van der Waals surface area contributed by atoms with Crippen molar-refractivity contribution in [2.24, 2.45) is 0 Å². The summed E-state index contributed by atoms with van der Waals surface area (Å²) < 4.78 is 0. The number of carbonyl (C=O) groups is 1. The lowest BCUT2D eigenvalue weighted by molar-refractivity contribution is -0.103. The zero-order valence-corrected chi connectivity index (χ0v) is 19.5. The Bertz CT molecular complexity index is 1160. The number of amides is 1. The topological polar surface area (TPSA) is 126 Å². The van der Waals surface area contributed by atoms with E-state index >= 15 is 0 Å². The maximum absolute atomic E-state index is 12.5. The van der Waals surface area contributed by atoms with Crippen LogP contribution in [0.1, 0.15) is 25.5 Å². The van der Waals surface area contributed by atoms with Gasteiger partial charge in [-0.25, -0.2) is 19.7 Å². The number of hydrogen-bond donors (Lipinski definition) is 2. The van der Waals surface area contributed by atoms with Crippen molar-refractivity contribution in [3.63, 3.8) is 0 Å². The molecule has 0 bridgehead atoms. The number of nitrogens with two attached hydrogens (primary N) is 1. The summed E-state index contributed by atoms with van der Waals surface area (Å²) in [6, 6.07) is 3.87. The van der Waals surface area contributed by atoms with Crippen molar-refractivity contribution in [1.29, 1.82) is 0 Å². The van der Waals surface area contributed by atoms with Gasteiger partial charge in [0.25, 0.3) is 0 Å². The highest BCUT2D eigenvalue weighted by Crippen LogP contribution is 2.29. The third-order valence-electron chi connectivity index (χ3n) is 6.01. The van der Waals surface area contributed by atoms with Crippen LogP contribution in [0.15, 0.2) is 17.6 Å². The van der Waals surface area contributed by atoms with E-state index in [2.05, 4.69) is 42.0 Å². The number of nitrogens with one attached hydrogen (secondary N) is 1. The van der Waals surface area contributed by atoms with Crippen LogP contribution in [0, 0.1) is 6.92 Å². The van der Waals surface area contributed by atoms with Gasteiger partial charge >= 0.3 is 6.09 Å². The lowest BCUT2D eigenvalue weighted by Gasteiger charge is -2.39. The summed E-state index contributed by atoms with van der Waals surface area (Å²) in [6.45, 7) is 7.66. The molecule has 3 aromatic heterocycles. The molecule has 2 fully saturated rings. The minimum Gasteiger partial charge on any atom is -0.368 e. The molecule has 33 heavy (non-hydrogen) atoms. The molecular formula is C21H27N9O2S. The Kier molecular flexibility index (Phi) is 5.85. The SMILES string of the molecule is Cc1nc(N2CCCC2)ccc1NC(=O)ON1CCN(c2nc(N)nc3scnc23)[C@@H](C)C1. The molecule has 5 rings (SSSR count). The second-order valence-electron chi connectivity index (χ2n) is 8.34. The Labute approximate surface area is 195 Å². The molecule has 1 amide bonds. The van der Waals surface area contributed by atoms with Crippen LogP contribution < -0.4 is 20.9 Å². The number of aromatic nitrogens is 4. The molecule has 3 aromatic rings. The summed E-state index contributed by atoms with van der Waals surface area (Å²) in [5.74, 6) is 1.90. The number of hydrogen-bond acceptors (Lipinski definition) is 11. The van der Waals surface area contributed by atoms with Gasteiger partial charge in [0.15, 0.2) is 10.6 Å². The molecule has 0 aliphatic carbocycles. The first-order valence-corrected chi connectivity index (χ1v) is 12.0. The Morgan fingerprint density at radius 2 is 2.00 bits per heavy atom. The molecule has 0 unspecified atom stereocenters. The van der Waals surface area contributed by atoms with Gasteiger partial charge in [-0.2, -0.15) is 4.98 Å². The van der Waals surface area contributed by atoms with Crippen molar-refractivity contribution < 1.29 is 9.63 Å². The second kappa shape index (κ2) is 8.94. The molecule has 11 nitrogen and oxygen atoms in total. The van der Waals surface area contributed by atoms with E-state index in [1.165, 1.54) is 24.2 Å². The fraction of sp³-hybridized carbons (Fsp3) is 0.476. The molecule has 0 spiro atoms. The summed E-state index contributed by atoms with van der Waals surface area (Å²) in [5.41, 5.74) is 9.80. The van der Waals surface area contributed by atoms with Crippen LogP contribution in [0.25, 0.3) is 10.3 Å². The molecule has 174 valence electrons. The molecule has 0 saturated carbocycles. The van der Waals surface area contributed by atoms with Gasteiger partial charge in [-0.1, -0.05) is 0 Å². The molecule has 5 heterocycles. The summed E-state index contributed by atoms with van der Waals surface area (Å²) in [5, 5.41) is 4.49. The number of nitrogens with zero attached hydrogens (tertiary/aromatic N) is 7. The van der Waals surface area contributed by atoms with E-state index in [0.717, 1.165) is 40.8 Å². The van der Waals surface area contributed by atoms with E-state index in [9.17, 15) is 4.79 Å². The number of thiazole rings is 1. The molecule has 2 aliphatic rings. The Morgan fingerprint density at radius 1 is 1.18 bits per heavy atom. The second-order valence-corrected chi connectivity index (χ2v) is 9.18. The lowest BCUT2D eigenvalue weighted by Crippen LogP contribution is -2.53. The van der Waals surface area contributed by atoms with E-state index in [1.807, 2.05) is 19.1 Å². The number of hydroxylamine groups is 2. The Balaban J connectivity index is 1.20. The maximum atomic E-state index is 12.5. The van der Waals surface area contributed by atoms with Gasteiger partial charge in [0.1, 0.15) is 11.3 Å². The van der Waals surface area contributed by atoms with Crippen LogP contribution in [0.2, 0.25) is 0 Å². The number of nitrogen functional groups attached to an aromatic ring is 1. The fourth-order valence-electron chi connectivity index (χ4n) is 4.34. The molecular weight excluding hydrogens is 442 g/mol. The van der Waals surface area contributed by atoms with Crippen molar-refractivity contribution in [3.05, 3.63) is 23.3 Å². The number of piperazine rings is 1. The van der Waals surface area contributed by atoms with E-state index in [4.69, 9.17) is 10.6 Å². The van der Waals surface area contributed by atoms with Crippen LogP contribution in [-0.2, 0) is 4.84 Å². The van der Waals surface area contributed by atoms with Crippen LogP contribution in [0.3, 0.4) is 0 Å². The summed E-state index contributed by atoms with van der Waals surface area (Å²) in [7, 11) is 0. The highest BCUT2D eigenvalue weighted by molar-refractivity contribution is 7.16. The molecule has 3 N–H and O–H groups in total. The lowest BCUT2D eigenvalue weighted by atomic mass is 10.2. The smallest absolute Gasteiger partial charge is 0.368 e. The average Bonchev–Trinajstić information content (AvgIpc) is 3.47. The van der Waals surface area contributed by atoms with Crippen LogP contribution in [-0.4, -0.2) is 69.9 Å². The van der Waals surface area contributed by atoms with Gasteiger partial charge < -0.3 is 20.4 Å². The van der Waals surface area contributed by atoms with E-state index in [-0.39, 0.29) is 12.0 Å². The first-order chi connectivity index (χ1) is 16.0. The Morgan fingerprint density at radius 3 is 2.76 bits per heavy atom. The number of fused-ring (bicyclic) bond motifs is 1. The third kappa shape index (κ3) is 4.48. The monoisotopic (exact) mass is 469 g/mol. The van der Waals surface area contributed by atoms with Crippen molar-refractivity contribution in [2.45, 2.75) is 32.7 Å². The van der Waals surface area contributed by atoms with Gasteiger partial charge in [0.05, 0.1) is 30.0 Å². The van der Waals surface area contributed by atoms with Crippen molar-refractivity contribution in [2.75, 3.05) is 53.6 Å². The number of rotatable bonds is 4. The largest absolute Gasteiger partial charge is 0.430 e. The molecule has 2 aliphatic heterocycles. The number of aryl methyl sites for hydroxylation is 1. The van der Waals surface area contributed by atoms with Gasteiger partial charge in [-0.3, -0.25) is 5.32 Å². The zero-order chi connectivity index (χ0) is 22.9. The quantitative estimate of drug-likeness (QED) is 0.589. The summed E-state index contributed by atoms with van der Waals surface area (Å²) >= 11 is 1.44. The van der Waals surface area contributed by atoms with Crippen LogP contribution >= 0.6 is 11.3 Å². The predicted molar refractivity (Wildman–Crippen MR) is 129 cm³/mol. The van der Waals surface area contributed by atoms with Crippen LogP contribution in [0.4, 0.5) is 28.1 Å². The predicted octanol–water partition coefficient (Wildman–Crippen LogP) is 2.65. The number of pyridine rings is 1. The van der Waals surface area contributed by atoms with E-state index in [1.54, 1.807) is 10.6 Å². The fourth-order valence-corrected chi connectivity index (χ4v) is 5.00. The average molecular weight is 470 g/mol. The first-order valence-electron chi connectivity index (χ1n) is 11.1. The maximum Gasteiger partial charge on any atom is 0.430 e. The standard InChI is InChI=1S/C21H27N9O2S/c1-13-11-29(9-10-30(13)18-17-19(33-12-23-17)27-20(22)26-18)32-21(31)25-15-5-6-16(24-14(15)2)28-7-3-4-8-28/h5-6,12-13H,3-4,7-11H2,1-2H3,(H,25,31)(H2,22,26,27)/t13-/m0/s1. The van der Waals surface area contributed by atoms with E-state index < -0.39 is 6.09 Å². The highest BCUT2D eigenvalue weighted by Gasteiger charge is 2.29. The van der Waals surface area contributed by atoms with Gasteiger partial charge in [0, 0.05) is 25.7 Å². The minimum atomic E-state index is -0.525.